The van der Waals surface area contributed by atoms with Gasteiger partial charge in [-0.3, -0.25) is 10.1 Å². The Hall–Kier alpha value is -2.37. The largest absolute Gasteiger partial charge is 0.465 e. The molecule has 0 aliphatic rings. The van der Waals surface area contributed by atoms with Crippen LogP contribution >= 0.6 is 0 Å². The maximum atomic E-state index is 11.5. The Morgan fingerprint density at radius 2 is 2.06 bits per heavy atom. The van der Waals surface area contributed by atoms with Gasteiger partial charge in [-0.1, -0.05) is 0 Å². The number of carbonyl (C=O) groups is 1. The molecule has 2 aromatic rings. The van der Waals surface area contributed by atoms with Crippen LogP contribution in [0.25, 0.3) is 10.9 Å². The van der Waals surface area contributed by atoms with Crippen LogP contribution in [0.1, 0.15) is 16.1 Å². The van der Waals surface area contributed by atoms with Crippen LogP contribution in [-0.4, -0.2) is 22.6 Å². The third kappa shape index (κ3) is 1.71. The van der Waals surface area contributed by atoms with E-state index in [0.717, 1.165) is 5.69 Å². The molecule has 0 fully saturated rings. The van der Waals surface area contributed by atoms with Gasteiger partial charge in [0.2, 0.25) is 0 Å². The van der Waals surface area contributed by atoms with Crippen molar-refractivity contribution in [1.82, 2.24) is 4.57 Å². The normalized spacial score (nSPS) is 10.6. The summed E-state index contributed by atoms with van der Waals surface area (Å²) in [6, 6.07) is 4.64. The monoisotopic (exact) mass is 248 g/mol. The van der Waals surface area contributed by atoms with Crippen LogP contribution in [0.4, 0.5) is 5.69 Å². The van der Waals surface area contributed by atoms with Gasteiger partial charge in [0.25, 0.3) is 5.69 Å². The predicted molar refractivity (Wildman–Crippen MR) is 65.6 cm³/mol. The lowest BCUT2D eigenvalue weighted by molar-refractivity contribution is -0.383. The summed E-state index contributed by atoms with van der Waals surface area (Å²) in [7, 11) is 3.00. The van der Waals surface area contributed by atoms with Gasteiger partial charge in [-0.25, -0.2) is 4.79 Å². The van der Waals surface area contributed by atoms with Crippen LogP contribution in [0.15, 0.2) is 18.2 Å². The Morgan fingerprint density at radius 1 is 1.39 bits per heavy atom. The second-order valence-electron chi connectivity index (χ2n) is 4.03. The maximum Gasteiger partial charge on any atom is 0.338 e. The molecule has 1 aromatic carbocycles. The molecule has 6 nitrogen and oxygen atoms in total. The standard InChI is InChI=1S/C12H12N2O4/c1-7-4-8-5-9(12(15)18-3)6-10(14(16)17)11(8)13(7)2/h4-6H,1-3H3. The van der Waals surface area contributed by atoms with Crippen LogP contribution in [0.5, 0.6) is 0 Å². The van der Waals surface area contributed by atoms with Crippen molar-refractivity contribution in [2.45, 2.75) is 6.92 Å². The van der Waals surface area contributed by atoms with Gasteiger partial charge in [0.15, 0.2) is 0 Å². The van der Waals surface area contributed by atoms with E-state index in [1.807, 2.05) is 6.92 Å². The molecule has 94 valence electrons. The Bertz CT molecular complexity index is 658. The van der Waals surface area contributed by atoms with E-state index in [4.69, 9.17) is 0 Å². The van der Waals surface area contributed by atoms with Gasteiger partial charge in [0, 0.05) is 24.2 Å². The van der Waals surface area contributed by atoms with Crippen LogP contribution in [-0.2, 0) is 11.8 Å². The molecule has 1 heterocycles. The van der Waals surface area contributed by atoms with Gasteiger partial charge < -0.3 is 9.30 Å². The van der Waals surface area contributed by atoms with Gasteiger partial charge in [-0.05, 0) is 19.1 Å². The topological polar surface area (TPSA) is 74.4 Å². The summed E-state index contributed by atoms with van der Waals surface area (Å²) in [4.78, 5) is 22.1. The number of benzene rings is 1. The van der Waals surface area contributed by atoms with E-state index >= 15 is 0 Å². The second kappa shape index (κ2) is 4.14. The summed E-state index contributed by atoms with van der Waals surface area (Å²) in [6.07, 6.45) is 0. The smallest absolute Gasteiger partial charge is 0.338 e. The van der Waals surface area contributed by atoms with E-state index in [9.17, 15) is 14.9 Å². The minimum Gasteiger partial charge on any atom is -0.465 e. The third-order valence-electron chi connectivity index (χ3n) is 2.97. The fourth-order valence-electron chi connectivity index (χ4n) is 1.99. The number of hydrogen-bond donors (Lipinski definition) is 0. The molecule has 0 radical (unpaired) electrons. The minimum atomic E-state index is -0.582. The molecule has 0 amide bonds. The molecule has 1 aromatic heterocycles. The highest BCUT2D eigenvalue weighted by atomic mass is 16.6. The van der Waals surface area contributed by atoms with Gasteiger partial charge >= 0.3 is 5.97 Å². The van der Waals surface area contributed by atoms with Crippen molar-refractivity contribution in [1.29, 1.82) is 0 Å². The molecule has 0 spiro atoms. The minimum absolute atomic E-state index is 0.0940. The number of nitro groups is 1. The molecular formula is C12H12N2O4. The molecule has 0 aliphatic heterocycles. The summed E-state index contributed by atoms with van der Waals surface area (Å²) in [5.74, 6) is -0.582. The molecular weight excluding hydrogens is 236 g/mol. The number of non-ortho nitro benzene ring substituents is 1. The lowest BCUT2D eigenvalue weighted by Crippen LogP contribution is -2.03. The first-order valence-electron chi connectivity index (χ1n) is 5.28. The van der Waals surface area contributed by atoms with E-state index in [1.165, 1.54) is 13.2 Å². The van der Waals surface area contributed by atoms with Crippen molar-refractivity contribution in [2.75, 3.05) is 7.11 Å². The van der Waals surface area contributed by atoms with Crippen LogP contribution in [0.3, 0.4) is 0 Å². The summed E-state index contributed by atoms with van der Waals surface area (Å²) in [6.45, 7) is 1.85. The van der Waals surface area contributed by atoms with Crippen molar-refractivity contribution < 1.29 is 14.5 Å². The van der Waals surface area contributed by atoms with E-state index in [2.05, 4.69) is 4.74 Å². The molecule has 0 atom stereocenters. The number of hydrogen-bond acceptors (Lipinski definition) is 4. The Labute approximate surface area is 103 Å². The maximum absolute atomic E-state index is 11.5. The van der Waals surface area contributed by atoms with Crippen molar-refractivity contribution in [3.8, 4) is 0 Å². The summed E-state index contributed by atoms with van der Waals surface area (Å²) < 4.78 is 6.32. The average molecular weight is 248 g/mol. The predicted octanol–water partition coefficient (Wildman–Crippen LogP) is 2.18. The van der Waals surface area contributed by atoms with E-state index in [0.29, 0.717) is 10.9 Å². The third-order valence-corrected chi connectivity index (χ3v) is 2.97. The number of nitrogens with zero attached hydrogens (tertiary/aromatic N) is 2. The SMILES string of the molecule is COC(=O)c1cc([N+](=O)[O-])c2c(c1)cc(C)n2C. The molecule has 18 heavy (non-hydrogen) atoms. The number of methoxy groups -OCH3 is 1. The fraction of sp³-hybridized carbons (Fsp3) is 0.250. The number of esters is 1. The number of carbonyl (C=O) groups excluding carboxylic acids is 1. The molecule has 0 aliphatic carbocycles. The molecule has 0 N–H and O–H groups in total. The zero-order chi connectivity index (χ0) is 13.4. The molecule has 6 heteroatoms. The quantitative estimate of drug-likeness (QED) is 0.463. The van der Waals surface area contributed by atoms with Crippen molar-refractivity contribution in [3.05, 3.63) is 39.6 Å². The fourth-order valence-corrected chi connectivity index (χ4v) is 1.99. The lowest BCUT2D eigenvalue weighted by Gasteiger charge is -2.03. The molecule has 0 unspecified atom stereocenters. The van der Waals surface area contributed by atoms with Gasteiger partial charge in [-0.2, -0.15) is 0 Å². The number of fused-ring (bicyclic) bond motifs is 1. The first-order chi connectivity index (χ1) is 8.45. The van der Waals surface area contributed by atoms with Crippen molar-refractivity contribution in [2.24, 2.45) is 7.05 Å². The number of ether oxygens (including phenoxy) is 1. The molecule has 0 saturated heterocycles. The van der Waals surface area contributed by atoms with Crippen LogP contribution in [0.2, 0.25) is 0 Å². The van der Waals surface area contributed by atoms with Gasteiger partial charge in [-0.15, -0.1) is 0 Å². The van der Waals surface area contributed by atoms with Crippen LogP contribution < -0.4 is 0 Å². The number of aromatic nitrogens is 1. The van der Waals surface area contributed by atoms with E-state index < -0.39 is 10.9 Å². The summed E-state index contributed by atoms with van der Waals surface area (Å²) >= 11 is 0. The lowest BCUT2D eigenvalue weighted by atomic mass is 10.1. The Kier molecular flexibility index (Phi) is 2.78. The number of rotatable bonds is 2. The number of nitro benzene ring substituents is 1. The van der Waals surface area contributed by atoms with Gasteiger partial charge in [0.1, 0.15) is 5.52 Å². The molecule has 2 rings (SSSR count). The first kappa shape index (κ1) is 12.1. The Morgan fingerprint density at radius 3 is 2.61 bits per heavy atom. The van der Waals surface area contributed by atoms with Crippen molar-refractivity contribution in [3.63, 3.8) is 0 Å². The van der Waals surface area contributed by atoms with Crippen LogP contribution in [0, 0.1) is 17.0 Å². The zero-order valence-electron chi connectivity index (χ0n) is 10.3. The number of aryl methyl sites for hydroxylation is 2. The highest BCUT2D eigenvalue weighted by molar-refractivity contribution is 5.99. The molecule has 0 bridgehead atoms. The van der Waals surface area contributed by atoms with E-state index in [-0.39, 0.29) is 11.3 Å². The average Bonchev–Trinajstić information content (AvgIpc) is 2.63. The van der Waals surface area contributed by atoms with Crippen molar-refractivity contribution >= 4 is 22.6 Å². The van der Waals surface area contributed by atoms with Gasteiger partial charge in [0.05, 0.1) is 17.6 Å². The zero-order valence-corrected chi connectivity index (χ0v) is 10.3. The first-order valence-corrected chi connectivity index (χ1v) is 5.28. The molecule has 0 saturated carbocycles. The second-order valence-corrected chi connectivity index (χ2v) is 4.03. The highest BCUT2D eigenvalue weighted by Crippen LogP contribution is 2.29. The summed E-state index contributed by atoms with van der Waals surface area (Å²) in [5.41, 5.74) is 1.48. The highest BCUT2D eigenvalue weighted by Gasteiger charge is 2.20. The summed E-state index contributed by atoms with van der Waals surface area (Å²) in [5, 5.41) is 11.7. The Balaban J connectivity index is 2.83. The van der Waals surface area contributed by atoms with E-state index in [1.54, 1.807) is 23.7 Å².